The van der Waals surface area contributed by atoms with E-state index in [1.807, 2.05) is 18.2 Å². The summed E-state index contributed by atoms with van der Waals surface area (Å²) in [7, 11) is 1.65. The third kappa shape index (κ3) is 5.50. The summed E-state index contributed by atoms with van der Waals surface area (Å²) in [5.41, 5.74) is 6.99. The van der Waals surface area contributed by atoms with Gasteiger partial charge in [-0.25, -0.2) is 4.99 Å². The van der Waals surface area contributed by atoms with Gasteiger partial charge in [0, 0.05) is 6.54 Å². The highest BCUT2D eigenvalue weighted by Gasteiger charge is 2.10. The van der Waals surface area contributed by atoms with E-state index in [1.54, 1.807) is 7.11 Å². The van der Waals surface area contributed by atoms with Crippen LogP contribution in [0.25, 0.3) is 0 Å². The largest absolute Gasteiger partial charge is 0.496 e. The molecular weight excluding hydrogens is 344 g/mol. The summed E-state index contributed by atoms with van der Waals surface area (Å²) in [6.45, 7) is 5.07. The van der Waals surface area contributed by atoms with Crippen molar-refractivity contribution < 1.29 is 4.74 Å². The van der Waals surface area contributed by atoms with Crippen LogP contribution in [0.2, 0.25) is 0 Å². The molecule has 0 spiro atoms. The van der Waals surface area contributed by atoms with Gasteiger partial charge in [-0.1, -0.05) is 6.07 Å². The van der Waals surface area contributed by atoms with Crippen LogP contribution in [0.4, 0.5) is 0 Å². The van der Waals surface area contributed by atoms with Gasteiger partial charge in [-0.15, -0.1) is 0 Å². The van der Waals surface area contributed by atoms with Gasteiger partial charge in [0.25, 0.3) is 0 Å². The average molecular weight is 369 g/mol. The van der Waals surface area contributed by atoms with E-state index in [0.29, 0.717) is 12.5 Å². The number of hydrogen-bond donors (Lipinski definition) is 2. The first-order valence-electron chi connectivity index (χ1n) is 7.77. The molecule has 0 aliphatic carbocycles. The summed E-state index contributed by atoms with van der Waals surface area (Å²) < 4.78 is 6.14. The Bertz CT molecular complexity index is 501. The molecule has 0 bridgehead atoms. The Morgan fingerprint density at radius 3 is 2.86 bits per heavy atom. The molecule has 1 fully saturated rings. The number of halogens is 1. The number of nitrogens with one attached hydrogen (secondary N) is 1. The SMILES string of the molecule is COc1ccc(CN=C(N)NCCCN2CCCC2)cc1Br. The number of hydrogen-bond acceptors (Lipinski definition) is 3. The summed E-state index contributed by atoms with van der Waals surface area (Å²) in [5.74, 6) is 1.33. The number of guanidine groups is 1. The number of aliphatic imine (C=N–C) groups is 1. The lowest BCUT2D eigenvalue weighted by Crippen LogP contribution is -2.34. The molecule has 1 saturated heterocycles. The first-order valence-corrected chi connectivity index (χ1v) is 8.57. The molecule has 0 unspecified atom stereocenters. The zero-order valence-electron chi connectivity index (χ0n) is 13.1. The van der Waals surface area contributed by atoms with Gasteiger partial charge in [-0.05, 0) is 72.5 Å². The van der Waals surface area contributed by atoms with E-state index in [4.69, 9.17) is 10.5 Å². The Morgan fingerprint density at radius 2 is 2.18 bits per heavy atom. The Kier molecular flexibility index (Phi) is 6.99. The van der Waals surface area contributed by atoms with E-state index in [-0.39, 0.29) is 0 Å². The van der Waals surface area contributed by atoms with Crippen LogP contribution in [-0.2, 0) is 6.54 Å². The fourth-order valence-electron chi connectivity index (χ4n) is 2.57. The summed E-state index contributed by atoms with van der Waals surface area (Å²) in [6, 6.07) is 5.92. The second kappa shape index (κ2) is 9.00. The highest BCUT2D eigenvalue weighted by atomic mass is 79.9. The maximum absolute atomic E-state index is 5.90. The monoisotopic (exact) mass is 368 g/mol. The second-order valence-corrected chi connectivity index (χ2v) is 6.35. The van der Waals surface area contributed by atoms with Crippen LogP contribution in [0.15, 0.2) is 27.7 Å². The van der Waals surface area contributed by atoms with Crippen LogP contribution >= 0.6 is 15.9 Å². The van der Waals surface area contributed by atoms with Gasteiger partial charge in [-0.2, -0.15) is 0 Å². The summed E-state index contributed by atoms with van der Waals surface area (Å²) in [5, 5.41) is 3.18. The number of rotatable bonds is 7. The maximum Gasteiger partial charge on any atom is 0.188 e. The summed E-state index contributed by atoms with van der Waals surface area (Å²) in [6.07, 6.45) is 3.78. The van der Waals surface area contributed by atoms with Gasteiger partial charge in [0.15, 0.2) is 5.96 Å². The quantitative estimate of drug-likeness (QED) is 0.440. The molecule has 122 valence electrons. The molecule has 0 radical (unpaired) electrons. The van der Waals surface area contributed by atoms with Crippen LogP contribution in [0.5, 0.6) is 5.75 Å². The molecule has 0 aromatic heterocycles. The Labute approximate surface area is 141 Å². The van der Waals surface area contributed by atoms with Crippen molar-refractivity contribution >= 4 is 21.9 Å². The highest BCUT2D eigenvalue weighted by Crippen LogP contribution is 2.25. The Hall–Kier alpha value is -1.27. The lowest BCUT2D eigenvalue weighted by Gasteiger charge is -2.14. The number of benzene rings is 1. The molecule has 1 aliphatic rings. The van der Waals surface area contributed by atoms with Gasteiger partial charge in [0.1, 0.15) is 5.75 Å². The van der Waals surface area contributed by atoms with Crippen LogP contribution in [0.1, 0.15) is 24.8 Å². The van der Waals surface area contributed by atoms with Gasteiger partial charge < -0.3 is 20.7 Å². The number of nitrogens with two attached hydrogens (primary N) is 1. The number of nitrogens with zero attached hydrogens (tertiary/aromatic N) is 2. The molecule has 6 heteroatoms. The zero-order valence-corrected chi connectivity index (χ0v) is 14.7. The summed E-state index contributed by atoms with van der Waals surface area (Å²) in [4.78, 5) is 6.87. The first kappa shape index (κ1) is 17.1. The maximum atomic E-state index is 5.90. The Balaban J connectivity index is 1.69. The molecule has 1 aromatic rings. The normalized spacial score (nSPS) is 16.0. The number of methoxy groups -OCH3 is 1. The van der Waals surface area contributed by atoms with Crippen molar-refractivity contribution in [3.05, 3.63) is 28.2 Å². The highest BCUT2D eigenvalue weighted by molar-refractivity contribution is 9.10. The van der Waals surface area contributed by atoms with Crippen molar-refractivity contribution in [1.29, 1.82) is 0 Å². The molecule has 1 aliphatic heterocycles. The molecule has 1 aromatic carbocycles. The topological polar surface area (TPSA) is 62.9 Å². The third-order valence-electron chi connectivity index (χ3n) is 3.80. The number of likely N-dealkylation sites (tertiary alicyclic amines) is 1. The fourth-order valence-corrected chi connectivity index (χ4v) is 3.15. The van der Waals surface area contributed by atoms with Crippen molar-refractivity contribution in [2.75, 3.05) is 33.3 Å². The zero-order chi connectivity index (χ0) is 15.8. The van der Waals surface area contributed by atoms with Crippen LogP contribution in [0.3, 0.4) is 0 Å². The second-order valence-electron chi connectivity index (χ2n) is 5.50. The molecule has 0 saturated carbocycles. The van der Waals surface area contributed by atoms with E-state index < -0.39 is 0 Å². The molecule has 2 rings (SSSR count). The molecule has 0 atom stereocenters. The molecule has 5 nitrogen and oxygen atoms in total. The van der Waals surface area contributed by atoms with E-state index in [0.717, 1.165) is 35.3 Å². The minimum atomic E-state index is 0.508. The van der Waals surface area contributed by atoms with Crippen molar-refractivity contribution in [3.63, 3.8) is 0 Å². The van der Waals surface area contributed by atoms with E-state index in [1.165, 1.54) is 25.9 Å². The Morgan fingerprint density at radius 1 is 1.41 bits per heavy atom. The van der Waals surface area contributed by atoms with E-state index in [9.17, 15) is 0 Å². The lowest BCUT2D eigenvalue weighted by molar-refractivity contribution is 0.334. The number of ether oxygens (including phenoxy) is 1. The van der Waals surface area contributed by atoms with Crippen LogP contribution in [-0.4, -0.2) is 44.1 Å². The molecule has 1 heterocycles. The predicted molar refractivity (Wildman–Crippen MR) is 94.3 cm³/mol. The van der Waals surface area contributed by atoms with Crippen molar-refractivity contribution in [2.24, 2.45) is 10.7 Å². The van der Waals surface area contributed by atoms with Crippen LogP contribution < -0.4 is 15.8 Å². The van der Waals surface area contributed by atoms with Crippen molar-refractivity contribution in [1.82, 2.24) is 10.2 Å². The minimum Gasteiger partial charge on any atom is -0.496 e. The predicted octanol–water partition coefficient (Wildman–Crippen LogP) is 2.35. The molecular formula is C16H25BrN4O. The molecule has 3 N–H and O–H groups in total. The van der Waals surface area contributed by atoms with Gasteiger partial charge in [-0.3, -0.25) is 0 Å². The van der Waals surface area contributed by atoms with Gasteiger partial charge >= 0.3 is 0 Å². The molecule has 0 amide bonds. The van der Waals surface area contributed by atoms with Crippen LogP contribution in [0, 0.1) is 0 Å². The van der Waals surface area contributed by atoms with Gasteiger partial charge in [0.2, 0.25) is 0 Å². The van der Waals surface area contributed by atoms with Gasteiger partial charge in [0.05, 0.1) is 18.1 Å². The average Bonchev–Trinajstić information content (AvgIpc) is 3.03. The minimum absolute atomic E-state index is 0.508. The fraction of sp³-hybridized carbons (Fsp3) is 0.562. The third-order valence-corrected chi connectivity index (χ3v) is 4.42. The lowest BCUT2D eigenvalue weighted by atomic mass is 10.2. The standard InChI is InChI=1S/C16H25BrN4O/c1-22-15-6-5-13(11-14(15)17)12-20-16(18)19-7-4-10-21-8-2-3-9-21/h5-6,11H,2-4,7-10,12H2,1H3,(H3,18,19,20). The molecule has 22 heavy (non-hydrogen) atoms. The summed E-state index contributed by atoms with van der Waals surface area (Å²) >= 11 is 3.47. The first-order chi connectivity index (χ1) is 10.7. The smallest absolute Gasteiger partial charge is 0.188 e. The van der Waals surface area contributed by atoms with E-state index in [2.05, 4.69) is 31.1 Å². The van der Waals surface area contributed by atoms with Crippen molar-refractivity contribution in [2.45, 2.75) is 25.8 Å². The van der Waals surface area contributed by atoms with Crippen molar-refractivity contribution in [3.8, 4) is 5.75 Å². The van der Waals surface area contributed by atoms with E-state index >= 15 is 0 Å².